The van der Waals surface area contributed by atoms with Gasteiger partial charge in [-0.3, -0.25) is 0 Å². The molecule has 0 spiro atoms. The van der Waals surface area contributed by atoms with Gasteiger partial charge in [-0.05, 0) is 48.3 Å². The van der Waals surface area contributed by atoms with E-state index in [0.717, 1.165) is 13.0 Å². The molecule has 1 aromatic heterocycles. The van der Waals surface area contributed by atoms with E-state index in [-0.39, 0.29) is 12.1 Å². The molecule has 3 heteroatoms. The summed E-state index contributed by atoms with van der Waals surface area (Å²) in [6, 6.07) is 12.9. The van der Waals surface area contributed by atoms with Gasteiger partial charge in [-0.25, -0.2) is 0 Å². The standard InChI is InChI=1S/C16H21NOS/c1-3-18-16(14-7-5-4-6-8-14)15(17-2)11-13-9-10-19-12-13/h4-10,12,15-17H,3,11H2,1-2H3. The first-order valence-corrected chi connectivity index (χ1v) is 7.64. The third-order valence-electron chi connectivity index (χ3n) is 3.25. The highest BCUT2D eigenvalue weighted by Gasteiger charge is 2.22. The van der Waals surface area contributed by atoms with E-state index in [9.17, 15) is 0 Å². The van der Waals surface area contributed by atoms with E-state index in [1.807, 2.05) is 20.0 Å². The molecule has 1 heterocycles. The van der Waals surface area contributed by atoms with E-state index in [1.165, 1.54) is 11.1 Å². The Kier molecular flexibility index (Phi) is 5.58. The average molecular weight is 275 g/mol. The number of hydrogen-bond donors (Lipinski definition) is 1. The highest BCUT2D eigenvalue weighted by molar-refractivity contribution is 7.07. The first kappa shape index (κ1) is 14.3. The van der Waals surface area contributed by atoms with Gasteiger partial charge in [-0.1, -0.05) is 30.3 Å². The summed E-state index contributed by atoms with van der Waals surface area (Å²) >= 11 is 1.74. The Morgan fingerprint density at radius 3 is 2.58 bits per heavy atom. The van der Waals surface area contributed by atoms with E-state index in [0.29, 0.717) is 0 Å². The zero-order valence-electron chi connectivity index (χ0n) is 11.5. The van der Waals surface area contributed by atoms with E-state index >= 15 is 0 Å². The zero-order valence-corrected chi connectivity index (χ0v) is 12.3. The number of benzene rings is 1. The second-order valence-corrected chi connectivity index (χ2v) is 5.30. The van der Waals surface area contributed by atoms with Crippen LogP contribution in [0.3, 0.4) is 0 Å². The molecule has 0 amide bonds. The molecule has 2 rings (SSSR count). The Bertz CT molecular complexity index is 455. The third-order valence-corrected chi connectivity index (χ3v) is 3.98. The Morgan fingerprint density at radius 1 is 1.21 bits per heavy atom. The Morgan fingerprint density at radius 2 is 2.00 bits per heavy atom. The van der Waals surface area contributed by atoms with E-state index < -0.39 is 0 Å². The van der Waals surface area contributed by atoms with Crippen molar-refractivity contribution < 1.29 is 4.74 Å². The van der Waals surface area contributed by atoms with Crippen LogP contribution in [-0.2, 0) is 11.2 Å². The van der Waals surface area contributed by atoms with Crippen LogP contribution in [0.2, 0.25) is 0 Å². The Labute approximate surface area is 119 Å². The molecule has 0 radical (unpaired) electrons. The van der Waals surface area contributed by atoms with Crippen molar-refractivity contribution in [2.75, 3.05) is 13.7 Å². The fraction of sp³-hybridized carbons (Fsp3) is 0.375. The van der Waals surface area contributed by atoms with Crippen molar-refractivity contribution in [2.24, 2.45) is 0 Å². The smallest absolute Gasteiger partial charge is 0.0980 e. The molecule has 0 bridgehead atoms. The van der Waals surface area contributed by atoms with Crippen molar-refractivity contribution >= 4 is 11.3 Å². The van der Waals surface area contributed by atoms with Gasteiger partial charge < -0.3 is 10.1 Å². The van der Waals surface area contributed by atoms with Gasteiger partial charge in [-0.15, -0.1) is 0 Å². The zero-order chi connectivity index (χ0) is 13.5. The summed E-state index contributed by atoms with van der Waals surface area (Å²) in [5.74, 6) is 0. The van der Waals surface area contributed by atoms with Crippen LogP contribution < -0.4 is 5.32 Å². The van der Waals surface area contributed by atoms with Gasteiger partial charge in [0.1, 0.15) is 0 Å². The summed E-state index contributed by atoms with van der Waals surface area (Å²) < 4.78 is 5.97. The first-order chi connectivity index (χ1) is 9.35. The van der Waals surface area contributed by atoms with Crippen LogP contribution in [-0.4, -0.2) is 19.7 Å². The number of thiophene rings is 1. The molecule has 0 aliphatic carbocycles. The minimum atomic E-state index is 0.0936. The lowest BCUT2D eigenvalue weighted by molar-refractivity contribution is 0.0352. The van der Waals surface area contributed by atoms with Crippen molar-refractivity contribution in [3.8, 4) is 0 Å². The normalized spacial score (nSPS) is 14.2. The highest BCUT2D eigenvalue weighted by atomic mass is 32.1. The number of nitrogens with one attached hydrogen (secondary N) is 1. The van der Waals surface area contributed by atoms with Crippen LogP contribution in [0.4, 0.5) is 0 Å². The molecule has 2 aromatic rings. The van der Waals surface area contributed by atoms with Crippen molar-refractivity contribution in [3.63, 3.8) is 0 Å². The molecule has 1 N–H and O–H groups in total. The Hall–Kier alpha value is -1.16. The number of rotatable bonds is 7. The van der Waals surface area contributed by atoms with Crippen LogP contribution in [0.1, 0.15) is 24.2 Å². The van der Waals surface area contributed by atoms with Gasteiger partial charge in [0.05, 0.1) is 6.10 Å². The summed E-state index contributed by atoms with van der Waals surface area (Å²) in [5, 5.41) is 7.74. The maximum absolute atomic E-state index is 5.97. The van der Waals surface area contributed by atoms with Crippen LogP contribution in [0.25, 0.3) is 0 Å². The van der Waals surface area contributed by atoms with Crippen molar-refractivity contribution in [2.45, 2.75) is 25.5 Å². The lowest BCUT2D eigenvalue weighted by Crippen LogP contribution is -2.35. The minimum Gasteiger partial charge on any atom is -0.372 e. The molecule has 2 atom stereocenters. The fourth-order valence-electron chi connectivity index (χ4n) is 2.29. The molecule has 0 saturated carbocycles. The van der Waals surface area contributed by atoms with Gasteiger partial charge >= 0.3 is 0 Å². The molecule has 19 heavy (non-hydrogen) atoms. The van der Waals surface area contributed by atoms with E-state index in [2.05, 4.69) is 46.4 Å². The predicted molar refractivity (Wildman–Crippen MR) is 81.7 cm³/mol. The van der Waals surface area contributed by atoms with E-state index in [4.69, 9.17) is 4.74 Å². The second kappa shape index (κ2) is 7.43. The van der Waals surface area contributed by atoms with Crippen LogP contribution >= 0.6 is 11.3 Å². The van der Waals surface area contributed by atoms with Crippen LogP contribution in [0, 0.1) is 0 Å². The summed E-state index contributed by atoms with van der Waals surface area (Å²) in [4.78, 5) is 0. The monoisotopic (exact) mass is 275 g/mol. The molecule has 1 aromatic carbocycles. The topological polar surface area (TPSA) is 21.3 Å². The van der Waals surface area contributed by atoms with Gasteiger partial charge in [-0.2, -0.15) is 11.3 Å². The molecule has 102 valence electrons. The molecule has 2 nitrogen and oxygen atoms in total. The SMILES string of the molecule is CCOC(c1ccccc1)C(Cc1ccsc1)NC. The third kappa shape index (κ3) is 3.90. The lowest BCUT2D eigenvalue weighted by Gasteiger charge is -2.27. The molecule has 0 saturated heterocycles. The number of ether oxygens (including phenoxy) is 1. The van der Waals surface area contributed by atoms with Gasteiger partial charge in [0.25, 0.3) is 0 Å². The minimum absolute atomic E-state index is 0.0936. The van der Waals surface area contributed by atoms with Gasteiger partial charge in [0.15, 0.2) is 0 Å². The average Bonchev–Trinajstić information content (AvgIpc) is 2.96. The van der Waals surface area contributed by atoms with Gasteiger partial charge in [0.2, 0.25) is 0 Å². The Balaban J connectivity index is 2.16. The van der Waals surface area contributed by atoms with Gasteiger partial charge in [0, 0.05) is 12.6 Å². The van der Waals surface area contributed by atoms with E-state index in [1.54, 1.807) is 11.3 Å². The molecule has 2 unspecified atom stereocenters. The second-order valence-electron chi connectivity index (χ2n) is 4.52. The maximum atomic E-state index is 5.97. The number of hydrogen-bond acceptors (Lipinski definition) is 3. The largest absolute Gasteiger partial charge is 0.372 e. The molecular weight excluding hydrogens is 254 g/mol. The van der Waals surface area contributed by atoms with Crippen LogP contribution in [0.15, 0.2) is 47.2 Å². The molecule has 0 aliphatic heterocycles. The summed E-state index contributed by atoms with van der Waals surface area (Å²) in [6.45, 7) is 2.77. The molecule has 0 fully saturated rings. The highest BCUT2D eigenvalue weighted by Crippen LogP contribution is 2.24. The summed E-state index contributed by atoms with van der Waals surface area (Å²) in [7, 11) is 2.01. The summed E-state index contributed by atoms with van der Waals surface area (Å²) in [5.41, 5.74) is 2.60. The van der Waals surface area contributed by atoms with Crippen molar-refractivity contribution in [1.82, 2.24) is 5.32 Å². The first-order valence-electron chi connectivity index (χ1n) is 6.70. The molecule has 0 aliphatic rings. The predicted octanol–water partition coefficient (Wildman–Crippen LogP) is 3.66. The van der Waals surface area contributed by atoms with Crippen molar-refractivity contribution in [3.05, 3.63) is 58.3 Å². The van der Waals surface area contributed by atoms with Crippen molar-refractivity contribution in [1.29, 1.82) is 0 Å². The maximum Gasteiger partial charge on any atom is 0.0980 e. The van der Waals surface area contributed by atoms with Crippen LogP contribution in [0.5, 0.6) is 0 Å². The summed E-state index contributed by atoms with van der Waals surface area (Å²) in [6.07, 6.45) is 1.08. The lowest BCUT2D eigenvalue weighted by atomic mass is 9.97. The fourth-order valence-corrected chi connectivity index (χ4v) is 2.97. The quantitative estimate of drug-likeness (QED) is 0.832. The molecular formula is C16H21NOS. The number of likely N-dealkylation sites (N-methyl/N-ethyl adjacent to an activating group) is 1.